The first-order chi connectivity index (χ1) is 8.69. The normalized spacial score (nSPS) is 10.7. The summed E-state index contributed by atoms with van der Waals surface area (Å²) in [5.74, 6) is 6.17. The Morgan fingerprint density at radius 2 is 2.17 bits per heavy atom. The zero-order valence-corrected chi connectivity index (χ0v) is 11.2. The highest BCUT2D eigenvalue weighted by atomic mass is 35.5. The molecule has 2 rings (SSSR count). The highest BCUT2D eigenvalue weighted by Gasteiger charge is 2.09. The van der Waals surface area contributed by atoms with Gasteiger partial charge in [0, 0.05) is 17.1 Å². The molecule has 4 nitrogen and oxygen atoms in total. The number of halogens is 1. The van der Waals surface area contributed by atoms with Crippen molar-refractivity contribution in [3.63, 3.8) is 0 Å². The van der Waals surface area contributed by atoms with E-state index in [-0.39, 0.29) is 0 Å². The first-order valence-corrected chi connectivity index (χ1v) is 6.21. The summed E-state index contributed by atoms with van der Waals surface area (Å²) in [6.07, 6.45) is 1.95. The standard InChI is InChI=1S/C13H16ClN3O/c1-3-4-8-5-12(17-15)9-6-10(14)13(18-2)7-11(9)16-8/h5-7H,3-4,15H2,1-2H3,(H,16,17). The van der Waals surface area contributed by atoms with Gasteiger partial charge < -0.3 is 10.2 Å². The third-order valence-electron chi connectivity index (χ3n) is 2.80. The molecular weight excluding hydrogens is 250 g/mol. The maximum Gasteiger partial charge on any atom is 0.139 e. The Morgan fingerprint density at radius 1 is 1.39 bits per heavy atom. The van der Waals surface area contributed by atoms with E-state index >= 15 is 0 Å². The van der Waals surface area contributed by atoms with E-state index in [0.717, 1.165) is 35.1 Å². The number of ether oxygens (including phenoxy) is 1. The third kappa shape index (κ3) is 2.35. The fourth-order valence-electron chi connectivity index (χ4n) is 1.94. The number of aromatic nitrogens is 1. The van der Waals surface area contributed by atoms with E-state index in [1.54, 1.807) is 7.11 Å². The Hall–Kier alpha value is -1.52. The average molecular weight is 266 g/mol. The van der Waals surface area contributed by atoms with E-state index in [1.807, 2.05) is 18.2 Å². The lowest BCUT2D eigenvalue weighted by atomic mass is 10.1. The minimum atomic E-state index is 0.548. The van der Waals surface area contributed by atoms with Crippen LogP contribution < -0.4 is 16.0 Å². The fourth-order valence-corrected chi connectivity index (χ4v) is 2.18. The van der Waals surface area contributed by atoms with Gasteiger partial charge in [0.2, 0.25) is 0 Å². The first-order valence-electron chi connectivity index (χ1n) is 5.83. The number of nitrogen functional groups attached to an aromatic ring is 1. The average Bonchev–Trinajstić information content (AvgIpc) is 2.38. The summed E-state index contributed by atoms with van der Waals surface area (Å²) in [6.45, 7) is 2.11. The summed E-state index contributed by atoms with van der Waals surface area (Å²) in [7, 11) is 1.59. The Balaban J connectivity index is 2.67. The lowest BCUT2D eigenvalue weighted by Crippen LogP contribution is -2.08. The van der Waals surface area contributed by atoms with Crippen molar-refractivity contribution >= 4 is 28.2 Å². The number of benzene rings is 1. The number of hydrogen-bond acceptors (Lipinski definition) is 4. The molecule has 0 radical (unpaired) electrons. The van der Waals surface area contributed by atoms with Crippen LogP contribution in [0.15, 0.2) is 18.2 Å². The molecule has 0 saturated heterocycles. The van der Waals surface area contributed by atoms with Crippen LogP contribution in [0.4, 0.5) is 5.69 Å². The molecule has 0 bridgehead atoms. The molecule has 0 atom stereocenters. The number of hydrogen-bond donors (Lipinski definition) is 2. The summed E-state index contributed by atoms with van der Waals surface area (Å²) in [5.41, 5.74) is 5.35. The van der Waals surface area contributed by atoms with E-state index in [2.05, 4.69) is 17.3 Å². The van der Waals surface area contributed by atoms with E-state index in [0.29, 0.717) is 10.8 Å². The predicted octanol–water partition coefficient (Wildman–Crippen LogP) is 3.13. The molecule has 0 amide bonds. The van der Waals surface area contributed by atoms with Crippen molar-refractivity contribution in [2.75, 3.05) is 12.5 Å². The number of methoxy groups -OCH3 is 1. The SMILES string of the molecule is CCCc1cc(NN)c2cc(Cl)c(OC)cc2n1. The van der Waals surface area contributed by atoms with Gasteiger partial charge in [0.05, 0.1) is 23.3 Å². The van der Waals surface area contributed by atoms with Gasteiger partial charge in [-0.3, -0.25) is 10.8 Å². The number of nitrogens with one attached hydrogen (secondary N) is 1. The van der Waals surface area contributed by atoms with Gasteiger partial charge in [-0.25, -0.2) is 0 Å². The Kier molecular flexibility index (Phi) is 3.89. The monoisotopic (exact) mass is 265 g/mol. The van der Waals surface area contributed by atoms with Crippen LogP contribution in [-0.4, -0.2) is 12.1 Å². The first kappa shape index (κ1) is 12.9. The highest BCUT2D eigenvalue weighted by molar-refractivity contribution is 6.33. The molecule has 96 valence electrons. The summed E-state index contributed by atoms with van der Waals surface area (Å²) in [5, 5.41) is 1.44. The molecule has 0 aliphatic heterocycles. The smallest absolute Gasteiger partial charge is 0.139 e. The van der Waals surface area contributed by atoms with Crippen LogP contribution in [0.2, 0.25) is 5.02 Å². The summed E-state index contributed by atoms with van der Waals surface area (Å²) < 4.78 is 5.20. The van der Waals surface area contributed by atoms with Crippen LogP contribution in [0, 0.1) is 0 Å². The number of nitrogens with zero attached hydrogens (tertiary/aromatic N) is 1. The molecule has 3 N–H and O–H groups in total. The van der Waals surface area contributed by atoms with E-state index < -0.39 is 0 Å². The molecule has 0 aliphatic rings. The van der Waals surface area contributed by atoms with Crippen LogP contribution in [0.25, 0.3) is 10.9 Å². The van der Waals surface area contributed by atoms with Crippen molar-refractivity contribution < 1.29 is 4.74 Å². The number of rotatable bonds is 4. The van der Waals surface area contributed by atoms with Crippen LogP contribution in [0.1, 0.15) is 19.0 Å². The van der Waals surface area contributed by atoms with Crippen LogP contribution in [-0.2, 0) is 6.42 Å². The summed E-state index contributed by atoms with van der Waals surface area (Å²) in [4.78, 5) is 4.59. The lowest BCUT2D eigenvalue weighted by molar-refractivity contribution is 0.415. The van der Waals surface area contributed by atoms with Gasteiger partial charge in [0.1, 0.15) is 5.75 Å². The number of fused-ring (bicyclic) bond motifs is 1. The molecule has 5 heteroatoms. The molecule has 0 saturated carbocycles. The van der Waals surface area contributed by atoms with E-state index in [4.69, 9.17) is 22.2 Å². The maximum atomic E-state index is 6.11. The maximum absolute atomic E-state index is 6.11. The van der Waals surface area contributed by atoms with E-state index in [1.165, 1.54) is 0 Å². The van der Waals surface area contributed by atoms with Crippen molar-refractivity contribution in [3.8, 4) is 5.75 Å². The van der Waals surface area contributed by atoms with Crippen molar-refractivity contribution in [1.29, 1.82) is 0 Å². The second-order valence-electron chi connectivity index (χ2n) is 4.06. The van der Waals surface area contributed by atoms with Crippen LogP contribution in [0.3, 0.4) is 0 Å². The van der Waals surface area contributed by atoms with Crippen molar-refractivity contribution in [3.05, 3.63) is 28.9 Å². The number of pyridine rings is 1. The van der Waals surface area contributed by atoms with Gasteiger partial charge in [0.15, 0.2) is 0 Å². The molecule has 0 aliphatic carbocycles. The number of aryl methyl sites for hydroxylation is 1. The zero-order chi connectivity index (χ0) is 13.1. The Labute approximate surface area is 111 Å². The number of nitrogens with two attached hydrogens (primary N) is 1. The highest BCUT2D eigenvalue weighted by Crippen LogP contribution is 2.32. The molecule has 1 heterocycles. The second-order valence-corrected chi connectivity index (χ2v) is 4.47. The van der Waals surface area contributed by atoms with Gasteiger partial charge in [-0.15, -0.1) is 0 Å². The predicted molar refractivity (Wildman–Crippen MR) is 75.1 cm³/mol. The molecule has 1 aromatic heterocycles. The topological polar surface area (TPSA) is 60.2 Å². The minimum absolute atomic E-state index is 0.548. The Morgan fingerprint density at radius 3 is 2.78 bits per heavy atom. The molecule has 2 aromatic rings. The quantitative estimate of drug-likeness (QED) is 0.659. The molecule has 0 fully saturated rings. The molecule has 1 aromatic carbocycles. The molecule has 0 unspecified atom stereocenters. The third-order valence-corrected chi connectivity index (χ3v) is 3.09. The zero-order valence-electron chi connectivity index (χ0n) is 10.5. The van der Waals surface area contributed by atoms with Crippen molar-refractivity contribution in [2.24, 2.45) is 5.84 Å². The van der Waals surface area contributed by atoms with Gasteiger partial charge in [-0.05, 0) is 18.6 Å². The molecule has 18 heavy (non-hydrogen) atoms. The van der Waals surface area contributed by atoms with Crippen LogP contribution in [0.5, 0.6) is 5.75 Å². The molecule has 0 spiro atoms. The van der Waals surface area contributed by atoms with Gasteiger partial charge in [0.25, 0.3) is 0 Å². The lowest BCUT2D eigenvalue weighted by Gasteiger charge is -2.11. The summed E-state index contributed by atoms with van der Waals surface area (Å²) >= 11 is 6.11. The second kappa shape index (κ2) is 5.42. The molecular formula is C13H16ClN3O. The van der Waals surface area contributed by atoms with Crippen molar-refractivity contribution in [2.45, 2.75) is 19.8 Å². The number of hydrazine groups is 1. The minimum Gasteiger partial charge on any atom is -0.495 e. The largest absolute Gasteiger partial charge is 0.495 e. The Bertz CT molecular complexity index is 572. The van der Waals surface area contributed by atoms with E-state index in [9.17, 15) is 0 Å². The number of anilines is 1. The van der Waals surface area contributed by atoms with Gasteiger partial charge >= 0.3 is 0 Å². The fraction of sp³-hybridized carbons (Fsp3) is 0.308. The van der Waals surface area contributed by atoms with Gasteiger partial charge in [-0.2, -0.15) is 0 Å². The van der Waals surface area contributed by atoms with Crippen molar-refractivity contribution in [1.82, 2.24) is 4.98 Å². The van der Waals surface area contributed by atoms with Crippen LogP contribution >= 0.6 is 11.6 Å². The summed E-state index contributed by atoms with van der Waals surface area (Å²) in [6, 6.07) is 5.60. The van der Waals surface area contributed by atoms with Gasteiger partial charge in [-0.1, -0.05) is 24.9 Å².